The van der Waals surface area contributed by atoms with Crippen LogP contribution in [-0.4, -0.2) is 24.5 Å². The molecule has 0 fully saturated rings. The van der Waals surface area contributed by atoms with Crippen LogP contribution in [-0.2, 0) is 0 Å². The highest BCUT2D eigenvalue weighted by Crippen LogP contribution is 2.23. The molecule has 0 saturated carbocycles. The molecule has 136 valence electrons. The Morgan fingerprint density at radius 1 is 0.778 bits per heavy atom. The Kier molecular flexibility index (Phi) is 6.42. The van der Waals surface area contributed by atoms with E-state index in [4.69, 9.17) is 14.7 Å². The Balaban J connectivity index is 1.53. The molecule has 5 nitrogen and oxygen atoms in total. The summed E-state index contributed by atoms with van der Waals surface area (Å²) in [6.45, 7) is 0.545. The van der Waals surface area contributed by atoms with Gasteiger partial charge in [0.05, 0.1) is 17.7 Å². The maximum atomic E-state index is 9.28. The number of ether oxygens (including phenoxy) is 2. The van der Waals surface area contributed by atoms with Crippen molar-refractivity contribution in [2.45, 2.75) is 6.04 Å². The van der Waals surface area contributed by atoms with E-state index in [1.165, 1.54) is 0 Å². The van der Waals surface area contributed by atoms with Crippen molar-refractivity contribution in [3.63, 3.8) is 0 Å². The first kappa shape index (κ1) is 18.5. The summed E-state index contributed by atoms with van der Waals surface area (Å²) in [5.74, 6) is 1.44. The van der Waals surface area contributed by atoms with Crippen LogP contribution in [0.15, 0.2) is 78.9 Å². The molecule has 1 unspecified atom stereocenters. The van der Waals surface area contributed by atoms with E-state index in [0.717, 1.165) is 16.9 Å². The molecule has 2 N–H and O–H groups in total. The highest BCUT2D eigenvalue weighted by molar-refractivity contribution is 5.64. The predicted octanol–water partition coefficient (Wildman–Crippen LogP) is 4.03. The highest BCUT2D eigenvalue weighted by atomic mass is 16.5. The zero-order valence-electron chi connectivity index (χ0n) is 14.7. The molecular weight excluding hydrogens is 340 g/mol. The lowest BCUT2D eigenvalue weighted by molar-refractivity contribution is 0.0705. The molecule has 3 aromatic rings. The van der Waals surface area contributed by atoms with Gasteiger partial charge in [-0.25, -0.2) is 0 Å². The Bertz CT molecular complexity index is 872. The van der Waals surface area contributed by atoms with Crippen LogP contribution in [0, 0.1) is 11.3 Å². The molecule has 0 aliphatic carbocycles. The lowest BCUT2D eigenvalue weighted by atomic mass is 10.0. The van der Waals surface area contributed by atoms with Crippen LogP contribution < -0.4 is 15.0 Å². The molecule has 1 atom stereocenters. The van der Waals surface area contributed by atoms with Gasteiger partial charge in [-0.2, -0.15) is 10.7 Å². The molecule has 0 heterocycles. The minimum atomic E-state index is -0.358. The molecule has 0 radical (unpaired) electrons. The number of nitrogens with one attached hydrogen (secondary N) is 1. The number of para-hydroxylation sites is 1. The van der Waals surface area contributed by atoms with Gasteiger partial charge in [0, 0.05) is 0 Å². The van der Waals surface area contributed by atoms with Crippen molar-refractivity contribution in [3.05, 3.63) is 84.4 Å². The predicted molar refractivity (Wildman–Crippen MR) is 103 cm³/mol. The second kappa shape index (κ2) is 9.39. The first-order valence-corrected chi connectivity index (χ1v) is 8.59. The Morgan fingerprint density at radius 3 is 1.81 bits per heavy atom. The summed E-state index contributed by atoms with van der Waals surface area (Å²) in [6.07, 6.45) is 0. The number of nitrogens with zero attached hydrogens (tertiary/aromatic N) is 1. The number of rotatable bonds is 8. The molecule has 0 aromatic heterocycles. The average Bonchev–Trinajstić information content (AvgIpc) is 2.75. The van der Waals surface area contributed by atoms with Crippen LogP contribution in [0.4, 0.5) is 0 Å². The molecule has 0 spiro atoms. The lowest BCUT2D eigenvalue weighted by Crippen LogP contribution is -2.37. The van der Waals surface area contributed by atoms with Crippen LogP contribution in [0.2, 0.25) is 0 Å². The van der Waals surface area contributed by atoms with Crippen LogP contribution in [0.3, 0.4) is 0 Å². The number of benzene rings is 3. The van der Waals surface area contributed by atoms with Crippen LogP contribution >= 0.6 is 0 Å². The van der Waals surface area contributed by atoms with Gasteiger partial charge in [0.1, 0.15) is 24.7 Å². The fraction of sp³-hybridized carbons (Fsp3) is 0.136. The van der Waals surface area contributed by atoms with Crippen molar-refractivity contribution in [1.82, 2.24) is 5.48 Å². The Morgan fingerprint density at radius 2 is 1.30 bits per heavy atom. The third-order valence-corrected chi connectivity index (χ3v) is 4.03. The highest BCUT2D eigenvalue weighted by Gasteiger charge is 2.10. The summed E-state index contributed by atoms with van der Waals surface area (Å²) in [5, 5.41) is 18.1. The van der Waals surface area contributed by atoms with Gasteiger partial charge < -0.3 is 14.7 Å². The van der Waals surface area contributed by atoms with Gasteiger partial charge in [-0.05, 0) is 47.5 Å². The largest absolute Gasteiger partial charge is 0.492 e. The van der Waals surface area contributed by atoms with Crippen LogP contribution in [0.25, 0.3) is 11.1 Å². The van der Waals surface area contributed by atoms with Crippen molar-refractivity contribution in [3.8, 4) is 28.7 Å². The summed E-state index contributed by atoms with van der Waals surface area (Å²) < 4.78 is 11.3. The first-order chi connectivity index (χ1) is 13.3. The van der Waals surface area contributed by atoms with Gasteiger partial charge in [0.2, 0.25) is 0 Å². The topological polar surface area (TPSA) is 74.5 Å². The van der Waals surface area contributed by atoms with Crippen molar-refractivity contribution < 1.29 is 14.7 Å². The molecule has 0 aliphatic rings. The summed E-state index contributed by atoms with van der Waals surface area (Å²) in [7, 11) is 0. The normalized spacial score (nSPS) is 11.4. The van der Waals surface area contributed by atoms with Gasteiger partial charge in [-0.15, -0.1) is 0 Å². The van der Waals surface area contributed by atoms with Gasteiger partial charge in [-0.3, -0.25) is 0 Å². The van der Waals surface area contributed by atoms with E-state index in [-0.39, 0.29) is 19.3 Å². The summed E-state index contributed by atoms with van der Waals surface area (Å²) in [6, 6.07) is 26.3. The molecule has 0 saturated heterocycles. The third-order valence-electron chi connectivity index (χ3n) is 4.03. The quantitative estimate of drug-likeness (QED) is 0.593. The number of hydrogen-bond donors (Lipinski definition) is 2. The zero-order chi connectivity index (χ0) is 18.9. The summed E-state index contributed by atoms with van der Waals surface area (Å²) in [5.41, 5.74) is 4.92. The smallest absolute Gasteiger partial charge is 0.119 e. The zero-order valence-corrected chi connectivity index (χ0v) is 14.7. The molecule has 3 rings (SSSR count). The molecule has 5 heteroatoms. The first-order valence-electron chi connectivity index (χ1n) is 8.59. The summed E-state index contributed by atoms with van der Waals surface area (Å²) >= 11 is 0. The van der Waals surface area contributed by atoms with Gasteiger partial charge in [-0.1, -0.05) is 42.5 Å². The fourth-order valence-electron chi connectivity index (χ4n) is 2.51. The molecule has 3 aromatic carbocycles. The molecule has 27 heavy (non-hydrogen) atoms. The number of hydroxylamine groups is 1. The van der Waals surface area contributed by atoms with E-state index in [1.54, 1.807) is 12.1 Å². The standard InChI is InChI=1S/C22H20N2O3/c23-14-17-6-8-18(9-7-17)19-10-12-22(13-11-19)27-16-20(24-25)15-26-21-4-2-1-3-5-21/h1-13,20,24-25H,15-16H2. The minimum Gasteiger partial charge on any atom is -0.492 e. The van der Waals surface area contributed by atoms with Crippen molar-refractivity contribution in [1.29, 1.82) is 5.26 Å². The molecule has 0 aliphatic heterocycles. The van der Waals surface area contributed by atoms with Gasteiger partial charge in [0.15, 0.2) is 0 Å². The van der Waals surface area contributed by atoms with Gasteiger partial charge in [0.25, 0.3) is 0 Å². The number of hydrogen-bond acceptors (Lipinski definition) is 5. The van der Waals surface area contributed by atoms with E-state index in [9.17, 15) is 5.21 Å². The van der Waals surface area contributed by atoms with Crippen LogP contribution in [0.1, 0.15) is 5.56 Å². The molecule has 0 bridgehead atoms. The maximum Gasteiger partial charge on any atom is 0.119 e. The van der Waals surface area contributed by atoms with E-state index in [1.807, 2.05) is 66.7 Å². The monoisotopic (exact) mass is 360 g/mol. The van der Waals surface area contributed by atoms with Crippen molar-refractivity contribution >= 4 is 0 Å². The van der Waals surface area contributed by atoms with Crippen LogP contribution in [0.5, 0.6) is 11.5 Å². The van der Waals surface area contributed by atoms with E-state index < -0.39 is 0 Å². The number of nitriles is 1. The summed E-state index contributed by atoms with van der Waals surface area (Å²) in [4.78, 5) is 0. The van der Waals surface area contributed by atoms with E-state index in [0.29, 0.717) is 11.3 Å². The second-order valence-corrected chi connectivity index (χ2v) is 5.97. The maximum absolute atomic E-state index is 9.28. The Hall–Kier alpha value is -3.33. The van der Waals surface area contributed by atoms with E-state index in [2.05, 4.69) is 11.5 Å². The van der Waals surface area contributed by atoms with E-state index >= 15 is 0 Å². The molecular formula is C22H20N2O3. The second-order valence-electron chi connectivity index (χ2n) is 5.97. The SMILES string of the molecule is N#Cc1ccc(-c2ccc(OCC(COc3ccccc3)NO)cc2)cc1. The fourth-order valence-corrected chi connectivity index (χ4v) is 2.51. The minimum absolute atomic E-state index is 0.263. The van der Waals surface area contributed by atoms with Crippen molar-refractivity contribution in [2.75, 3.05) is 13.2 Å². The third kappa shape index (κ3) is 5.32. The lowest BCUT2D eigenvalue weighted by Gasteiger charge is -2.17. The molecule has 0 amide bonds. The average molecular weight is 360 g/mol. The van der Waals surface area contributed by atoms with Gasteiger partial charge >= 0.3 is 0 Å². The Labute approximate surface area is 158 Å². The van der Waals surface area contributed by atoms with Crippen molar-refractivity contribution in [2.24, 2.45) is 0 Å².